The van der Waals surface area contributed by atoms with Gasteiger partial charge in [-0.15, -0.1) is 0 Å². The third kappa shape index (κ3) is 5.43. The molecule has 0 unspecified atom stereocenters. The van der Waals surface area contributed by atoms with Crippen LogP contribution in [-0.2, 0) is 4.79 Å². The number of pyridine rings is 1. The highest BCUT2D eigenvalue weighted by Crippen LogP contribution is 2.34. The lowest BCUT2D eigenvalue weighted by Gasteiger charge is -2.08. The van der Waals surface area contributed by atoms with E-state index in [-0.39, 0.29) is 11.7 Å². The molecule has 0 aliphatic rings. The average Bonchev–Trinajstić information content (AvgIpc) is 3.57. The molecule has 5 rings (SSSR count). The fourth-order valence-electron chi connectivity index (χ4n) is 4.62. The highest BCUT2D eigenvalue weighted by Gasteiger charge is 2.16. The maximum absolute atomic E-state index is 13.9. The van der Waals surface area contributed by atoms with Crippen LogP contribution in [0.3, 0.4) is 0 Å². The van der Waals surface area contributed by atoms with Gasteiger partial charge in [0.15, 0.2) is 0 Å². The Hall–Kier alpha value is -4.78. The predicted octanol–water partition coefficient (Wildman–Crippen LogP) is 7.69. The van der Waals surface area contributed by atoms with Crippen LogP contribution in [0.15, 0.2) is 91.2 Å². The molecule has 196 valence electrons. The standard InChI is InChI=1S/C32H30FN5O/c1-4-7-14-30(39)34-23(6-3)18-20(5-2)26-15-16-28-31(36-26)32(38-37-28)29-19-25-24(12-9-13-27(25)35-29)21-10-8-11-22(33)17-21/h5-6,8-13,15-19,35H,3-4,7,14H2,1-2H3,(H,34,39)(H,37,38)/b20-5+,23-18+. The van der Waals surface area contributed by atoms with Crippen LogP contribution in [0.1, 0.15) is 38.8 Å². The topological polar surface area (TPSA) is 86.5 Å². The number of aromatic amines is 2. The van der Waals surface area contributed by atoms with Crippen LogP contribution >= 0.6 is 0 Å². The van der Waals surface area contributed by atoms with Crippen molar-refractivity contribution in [3.8, 4) is 22.5 Å². The Kier molecular flexibility index (Phi) is 7.50. The summed E-state index contributed by atoms with van der Waals surface area (Å²) in [5, 5.41) is 11.5. The van der Waals surface area contributed by atoms with Gasteiger partial charge in [-0.05, 0) is 78.6 Å². The minimum atomic E-state index is -0.274. The Bertz CT molecular complexity index is 1740. The van der Waals surface area contributed by atoms with Crippen molar-refractivity contribution in [2.45, 2.75) is 33.1 Å². The molecule has 0 spiro atoms. The number of H-pyrrole nitrogens is 2. The van der Waals surface area contributed by atoms with E-state index in [4.69, 9.17) is 4.98 Å². The van der Waals surface area contributed by atoms with Gasteiger partial charge in [-0.2, -0.15) is 5.10 Å². The van der Waals surface area contributed by atoms with Crippen LogP contribution in [0.25, 0.3) is 50.0 Å². The molecule has 0 fully saturated rings. The fraction of sp³-hybridized carbons (Fsp3) is 0.156. The zero-order chi connectivity index (χ0) is 27.4. The Balaban J connectivity index is 1.52. The van der Waals surface area contributed by atoms with E-state index in [1.807, 2.05) is 61.5 Å². The van der Waals surface area contributed by atoms with Gasteiger partial charge in [0, 0.05) is 23.0 Å². The highest BCUT2D eigenvalue weighted by molar-refractivity contribution is 6.00. The Morgan fingerprint density at radius 3 is 2.72 bits per heavy atom. The third-order valence-corrected chi connectivity index (χ3v) is 6.64. The molecule has 0 bridgehead atoms. The van der Waals surface area contributed by atoms with E-state index in [0.29, 0.717) is 23.3 Å². The van der Waals surface area contributed by atoms with Crippen molar-refractivity contribution in [3.63, 3.8) is 0 Å². The van der Waals surface area contributed by atoms with Gasteiger partial charge in [-0.3, -0.25) is 9.89 Å². The average molecular weight is 520 g/mol. The number of rotatable bonds is 9. The smallest absolute Gasteiger partial charge is 0.224 e. The summed E-state index contributed by atoms with van der Waals surface area (Å²) >= 11 is 0. The molecule has 6 nitrogen and oxygen atoms in total. The Morgan fingerprint density at radius 1 is 1.10 bits per heavy atom. The molecule has 2 aromatic carbocycles. The second-order valence-electron chi connectivity index (χ2n) is 9.32. The number of hydrogen-bond donors (Lipinski definition) is 3. The minimum Gasteiger partial charge on any atom is -0.353 e. The zero-order valence-corrected chi connectivity index (χ0v) is 22.0. The molecule has 0 atom stereocenters. The van der Waals surface area contributed by atoms with Gasteiger partial charge in [-0.1, -0.05) is 50.3 Å². The highest BCUT2D eigenvalue weighted by atomic mass is 19.1. The second kappa shape index (κ2) is 11.3. The van der Waals surface area contributed by atoms with Crippen molar-refractivity contribution in [2.75, 3.05) is 0 Å². The quantitative estimate of drug-likeness (QED) is 0.174. The van der Waals surface area contributed by atoms with Crippen LogP contribution in [0, 0.1) is 5.82 Å². The largest absolute Gasteiger partial charge is 0.353 e. The molecule has 0 saturated heterocycles. The summed E-state index contributed by atoms with van der Waals surface area (Å²) < 4.78 is 13.9. The maximum Gasteiger partial charge on any atom is 0.224 e. The van der Waals surface area contributed by atoms with Crippen LogP contribution in [0.4, 0.5) is 4.39 Å². The minimum absolute atomic E-state index is 0.0320. The van der Waals surface area contributed by atoms with E-state index in [2.05, 4.69) is 34.0 Å². The number of allylic oxidation sites excluding steroid dienone is 4. The summed E-state index contributed by atoms with van der Waals surface area (Å²) in [7, 11) is 0. The zero-order valence-electron chi connectivity index (χ0n) is 22.0. The number of fused-ring (bicyclic) bond motifs is 2. The fourth-order valence-corrected chi connectivity index (χ4v) is 4.62. The van der Waals surface area contributed by atoms with Crippen LogP contribution in [0.5, 0.6) is 0 Å². The lowest BCUT2D eigenvalue weighted by atomic mass is 10.0. The van der Waals surface area contributed by atoms with Gasteiger partial charge < -0.3 is 10.3 Å². The number of amides is 1. The number of benzene rings is 2. The molecule has 5 aromatic rings. The predicted molar refractivity (Wildman–Crippen MR) is 156 cm³/mol. The summed E-state index contributed by atoms with van der Waals surface area (Å²) in [6, 6.07) is 18.4. The van der Waals surface area contributed by atoms with Gasteiger partial charge in [0.2, 0.25) is 5.91 Å². The molecule has 39 heavy (non-hydrogen) atoms. The van der Waals surface area contributed by atoms with Crippen molar-refractivity contribution >= 4 is 33.4 Å². The van der Waals surface area contributed by atoms with Crippen molar-refractivity contribution in [1.82, 2.24) is 25.5 Å². The van der Waals surface area contributed by atoms with Gasteiger partial charge >= 0.3 is 0 Å². The van der Waals surface area contributed by atoms with Crippen LogP contribution in [-0.4, -0.2) is 26.1 Å². The third-order valence-electron chi connectivity index (χ3n) is 6.64. The summed E-state index contributed by atoms with van der Waals surface area (Å²) in [6.07, 6.45) is 7.73. The molecule has 3 heterocycles. The molecule has 0 saturated carbocycles. The SMILES string of the molecule is C=C/C(=C\C(=C/C)c1ccc2[nH]nc(-c3cc4c(-c5cccc(F)c5)cccc4[nH]3)c2n1)NC(=O)CCCC. The van der Waals surface area contributed by atoms with Crippen molar-refractivity contribution < 1.29 is 9.18 Å². The molecular weight excluding hydrogens is 489 g/mol. The molecule has 0 aliphatic carbocycles. The lowest BCUT2D eigenvalue weighted by Crippen LogP contribution is -2.21. The van der Waals surface area contributed by atoms with Crippen LogP contribution in [0.2, 0.25) is 0 Å². The van der Waals surface area contributed by atoms with Gasteiger partial charge in [-0.25, -0.2) is 9.37 Å². The summed E-state index contributed by atoms with van der Waals surface area (Å²) in [5.41, 5.74) is 7.88. The van der Waals surface area contributed by atoms with E-state index < -0.39 is 0 Å². The normalized spacial score (nSPS) is 12.3. The molecule has 0 aliphatic heterocycles. The molecule has 3 aromatic heterocycles. The summed E-state index contributed by atoms with van der Waals surface area (Å²) in [4.78, 5) is 20.6. The van der Waals surface area contributed by atoms with Gasteiger partial charge in [0.1, 0.15) is 17.0 Å². The second-order valence-corrected chi connectivity index (χ2v) is 9.32. The number of carbonyl (C=O) groups is 1. The first-order valence-corrected chi connectivity index (χ1v) is 13.0. The number of carbonyl (C=O) groups excluding carboxylic acids is 1. The Labute approximate surface area is 226 Å². The number of unbranched alkanes of at least 4 members (excludes halogenated alkanes) is 1. The number of hydrogen-bond acceptors (Lipinski definition) is 3. The van der Waals surface area contributed by atoms with E-state index >= 15 is 0 Å². The van der Waals surface area contributed by atoms with Crippen molar-refractivity contribution in [3.05, 3.63) is 103 Å². The number of nitrogens with zero attached hydrogens (tertiary/aromatic N) is 2. The number of halogens is 1. The first-order chi connectivity index (χ1) is 19.0. The van der Waals surface area contributed by atoms with Crippen molar-refractivity contribution in [2.24, 2.45) is 0 Å². The van der Waals surface area contributed by atoms with Gasteiger partial charge in [0.25, 0.3) is 0 Å². The number of aromatic nitrogens is 4. The van der Waals surface area contributed by atoms with E-state index in [9.17, 15) is 9.18 Å². The van der Waals surface area contributed by atoms with Crippen LogP contribution < -0.4 is 5.32 Å². The van der Waals surface area contributed by atoms with E-state index in [0.717, 1.165) is 57.3 Å². The number of nitrogens with one attached hydrogen (secondary N) is 3. The van der Waals surface area contributed by atoms with Gasteiger partial charge in [0.05, 0.1) is 16.9 Å². The van der Waals surface area contributed by atoms with E-state index in [1.165, 1.54) is 12.1 Å². The monoisotopic (exact) mass is 519 g/mol. The Morgan fingerprint density at radius 2 is 1.95 bits per heavy atom. The molecule has 0 radical (unpaired) electrons. The molecule has 7 heteroatoms. The molecule has 1 amide bonds. The summed E-state index contributed by atoms with van der Waals surface area (Å²) in [6.45, 7) is 7.84. The van der Waals surface area contributed by atoms with Crippen molar-refractivity contribution in [1.29, 1.82) is 0 Å². The maximum atomic E-state index is 13.9. The molecular formula is C32H30FN5O. The first kappa shape index (κ1) is 25.9. The summed E-state index contributed by atoms with van der Waals surface area (Å²) in [5.74, 6) is -0.306. The lowest BCUT2D eigenvalue weighted by molar-refractivity contribution is -0.120. The molecule has 3 N–H and O–H groups in total. The first-order valence-electron chi connectivity index (χ1n) is 13.0. The van der Waals surface area contributed by atoms with E-state index in [1.54, 1.807) is 12.1 Å².